The van der Waals surface area contributed by atoms with Gasteiger partial charge in [-0.05, 0) is 18.2 Å². The Labute approximate surface area is 147 Å². The summed E-state index contributed by atoms with van der Waals surface area (Å²) in [6.07, 6.45) is 2.18. The summed E-state index contributed by atoms with van der Waals surface area (Å²) >= 11 is 0. The summed E-state index contributed by atoms with van der Waals surface area (Å²) in [5, 5.41) is 0. The van der Waals surface area contributed by atoms with E-state index in [4.69, 9.17) is 11.5 Å². The van der Waals surface area contributed by atoms with E-state index in [0.717, 1.165) is 24.5 Å². The van der Waals surface area contributed by atoms with Crippen molar-refractivity contribution in [3.05, 3.63) is 59.3 Å². The molecule has 2 aromatic rings. The lowest BCUT2D eigenvalue weighted by Crippen LogP contribution is -2.11. The fourth-order valence-electron chi connectivity index (χ4n) is 2.06. The van der Waals surface area contributed by atoms with Crippen molar-refractivity contribution in [1.29, 1.82) is 0 Å². The molecule has 136 valence electrons. The molecule has 0 aliphatic carbocycles. The van der Waals surface area contributed by atoms with Gasteiger partial charge in [0.25, 0.3) is 6.43 Å². The van der Waals surface area contributed by atoms with Crippen LogP contribution in [0.5, 0.6) is 0 Å². The number of ketones is 1. The predicted octanol–water partition coefficient (Wildman–Crippen LogP) is 2.10. The Morgan fingerprint density at radius 2 is 1.96 bits per heavy atom. The minimum atomic E-state index is -2.65. The first-order valence-electron chi connectivity index (χ1n) is 7.51. The molecular weight excluding hydrogens is 347 g/mol. The van der Waals surface area contributed by atoms with Crippen molar-refractivity contribution >= 4 is 12.0 Å². The minimum absolute atomic E-state index is 0.0642. The Balaban J connectivity index is 2.42. The van der Waals surface area contributed by atoms with Gasteiger partial charge in [0, 0.05) is 48.0 Å². The number of carbonyl (C=O) groups is 1. The van der Waals surface area contributed by atoms with Gasteiger partial charge in [-0.1, -0.05) is 0 Å². The largest absolute Gasteiger partial charge is 0.404 e. The van der Waals surface area contributed by atoms with E-state index in [1.165, 1.54) is 18.5 Å². The molecule has 1 heterocycles. The van der Waals surface area contributed by atoms with Gasteiger partial charge in [0.2, 0.25) is 0 Å². The third-order valence-electron chi connectivity index (χ3n) is 3.32. The molecule has 2 rings (SSSR count). The number of alkyl halides is 2. The van der Waals surface area contributed by atoms with E-state index >= 15 is 0 Å². The summed E-state index contributed by atoms with van der Waals surface area (Å²) in [6, 6.07) is 3.51. The summed E-state index contributed by atoms with van der Waals surface area (Å²) in [5.41, 5.74) is 11.6. The van der Waals surface area contributed by atoms with Crippen molar-refractivity contribution in [3.63, 3.8) is 0 Å². The SMILES string of the molecule is NC=C(C=NCC(F)F)C(=O)c1cc(F)ccc1-c1ncc(CN)cn1. The first kappa shape index (κ1) is 19.3. The van der Waals surface area contributed by atoms with Crippen LogP contribution in [0.4, 0.5) is 13.2 Å². The Bertz CT molecular complexity index is 835. The number of aliphatic imine (C=N–C) groups is 1. The molecule has 1 aromatic carbocycles. The van der Waals surface area contributed by atoms with Gasteiger partial charge in [-0.2, -0.15) is 0 Å². The number of Topliss-reactive ketones (excluding diaryl/α,β-unsaturated/α-hetero) is 1. The van der Waals surface area contributed by atoms with Gasteiger partial charge in [0.05, 0.1) is 12.1 Å². The van der Waals surface area contributed by atoms with Crippen molar-refractivity contribution in [2.75, 3.05) is 6.54 Å². The van der Waals surface area contributed by atoms with E-state index in [1.807, 2.05) is 0 Å². The summed E-state index contributed by atoms with van der Waals surface area (Å²) in [4.78, 5) is 24.3. The van der Waals surface area contributed by atoms with E-state index in [9.17, 15) is 18.0 Å². The van der Waals surface area contributed by atoms with Gasteiger partial charge in [-0.25, -0.2) is 23.1 Å². The predicted molar refractivity (Wildman–Crippen MR) is 91.3 cm³/mol. The highest BCUT2D eigenvalue weighted by Crippen LogP contribution is 2.23. The normalized spacial score (nSPS) is 12.1. The quantitative estimate of drug-likeness (QED) is 0.445. The fraction of sp³-hybridized carbons (Fsp3) is 0.176. The Kier molecular flexibility index (Phi) is 6.56. The third kappa shape index (κ3) is 4.73. The maximum atomic E-state index is 13.7. The van der Waals surface area contributed by atoms with E-state index in [-0.39, 0.29) is 29.1 Å². The van der Waals surface area contributed by atoms with Crippen LogP contribution in [0.3, 0.4) is 0 Å². The molecule has 0 bridgehead atoms. The second kappa shape index (κ2) is 8.86. The Morgan fingerprint density at radius 1 is 1.27 bits per heavy atom. The van der Waals surface area contributed by atoms with Crippen molar-refractivity contribution in [3.8, 4) is 11.4 Å². The second-order valence-corrected chi connectivity index (χ2v) is 5.15. The molecule has 1 aromatic heterocycles. The number of carbonyl (C=O) groups excluding carboxylic acids is 1. The monoisotopic (exact) mass is 363 g/mol. The van der Waals surface area contributed by atoms with Crippen LogP contribution in [-0.4, -0.2) is 34.9 Å². The van der Waals surface area contributed by atoms with Gasteiger partial charge in [-0.3, -0.25) is 9.79 Å². The van der Waals surface area contributed by atoms with Gasteiger partial charge in [-0.15, -0.1) is 0 Å². The van der Waals surface area contributed by atoms with Gasteiger partial charge >= 0.3 is 0 Å². The highest BCUT2D eigenvalue weighted by molar-refractivity contribution is 6.23. The van der Waals surface area contributed by atoms with Crippen LogP contribution >= 0.6 is 0 Å². The molecule has 0 atom stereocenters. The zero-order valence-corrected chi connectivity index (χ0v) is 13.6. The molecule has 26 heavy (non-hydrogen) atoms. The molecule has 0 fully saturated rings. The molecule has 4 N–H and O–H groups in total. The highest BCUT2D eigenvalue weighted by atomic mass is 19.3. The third-order valence-corrected chi connectivity index (χ3v) is 3.32. The van der Waals surface area contributed by atoms with Gasteiger partial charge < -0.3 is 11.5 Å². The van der Waals surface area contributed by atoms with Gasteiger partial charge in [0.15, 0.2) is 11.6 Å². The fourth-order valence-corrected chi connectivity index (χ4v) is 2.06. The van der Waals surface area contributed by atoms with E-state index in [2.05, 4.69) is 15.0 Å². The number of allylic oxidation sites excluding steroid dienone is 1. The van der Waals surface area contributed by atoms with Crippen LogP contribution in [-0.2, 0) is 6.54 Å². The average molecular weight is 363 g/mol. The number of hydrogen-bond donors (Lipinski definition) is 2. The molecule has 9 heteroatoms. The van der Waals surface area contributed by atoms with Crippen LogP contribution < -0.4 is 11.5 Å². The highest BCUT2D eigenvalue weighted by Gasteiger charge is 2.18. The molecular formula is C17H16F3N5O. The van der Waals surface area contributed by atoms with Crippen LogP contribution in [0.2, 0.25) is 0 Å². The standard InChI is InChI=1S/C17H16F3N5O/c18-12-1-2-13(17-24-6-10(4-21)7-25-17)14(3-12)16(26)11(5-22)8-23-9-15(19)20/h1-3,5-8,15H,4,9,21-22H2. The minimum Gasteiger partial charge on any atom is -0.404 e. The molecule has 0 aliphatic rings. The lowest BCUT2D eigenvalue weighted by atomic mass is 9.98. The number of nitrogens with zero attached hydrogens (tertiary/aromatic N) is 3. The molecule has 0 spiro atoms. The number of rotatable bonds is 7. The van der Waals surface area contributed by atoms with Crippen LogP contribution in [0.15, 0.2) is 47.4 Å². The Hall–Kier alpha value is -3.07. The Morgan fingerprint density at radius 3 is 2.54 bits per heavy atom. The first-order chi connectivity index (χ1) is 12.5. The van der Waals surface area contributed by atoms with Gasteiger partial charge in [0.1, 0.15) is 5.82 Å². The molecule has 0 aliphatic heterocycles. The van der Waals surface area contributed by atoms with E-state index in [0.29, 0.717) is 5.56 Å². The van der Waals surface area contributed by atoms with Crippen molar-refractivity contribution in [2.24, 2.45) is 16.5 Å². The van der Waals surface area contributed by atoms with Crippen LogP contribution in [0.1, 0.15) is 15.9 Å². The number of hydrogen-bond acceptors (Lipinski definition) is 6. The zero-order valence-electron chi connectivity index (χ0n) is 13.6. The first-order valence-corrected chi connectivity index (χ1v) is 7.51. The lowest BCUT2D eigenvalue weighted by molar-refractivity contribution is 0.104. The lowest BCUT2D eigenvalue weighted by Gasteiger charge is -2.09. The van der Waals surface area contributed by atoms with E-state index in [1.54, 1.807) is 0 Å². The molecule has 0 saturated heterocycles. The van der Waals surface area contributed by atoms with Crippen molar-refractivity contribution in [1.82, 2.24) is 9.97 Å². The van der Waals surface area contributed by atoms with Crippen LogP contribution in [0.25, 0.3) is 11.4 Å². The topological polar surface area (TPSA) is 107 Å². The molecule has 0 radical (unpaired) electrons. The summed E-state index contributed by atoms with van der Waals surface area (Å²) in [6.45, 7) is -0.527. The maximum absolute atomic E-state index is 13.7. The van der Waals surface area contributed by atoms with Crippen LogP contribution in [0, 0.1) is 5.82 Å². The molecule has 0 saturated carbocycles. The zero-order chi connectivity index (χ0) is 19.1. The summed E-state index contributed by atoms with van der Waals surface area (Å²) in [5.74, 6) is -1.16. The van der Waals surface area contributed by atoms with Crippen molar-refractivity contribution in [2.45, 2.75) is 13.0 Å². The summed E-state index contributed by atoms with van der Waals surface area (Å²) in [7, 11) is 0. The van der Waals surface area contributed by atoms with Crippen molar-refractivity contribution < 1.29 is 18.0 Å². The average Bonchev–Trinajstić information content (AvgIpc) is 2.64. The maximum Gasteiger partial charge on any atom is 0.257 e. The van der Waals surface area contributed by atoms with E-state index < -0.39 is 24.6 Å². The molecule has 6 nitrogen and oxygen atoms in total. The smallest absolute Gasteiger partial charge is 0.257 e. The molecule has 0 unspecified atom stereocenters. The molecule has 0 amide bonds. The number of nitrogens with two attached hydrogens (primary N) is 2. The number of halogens is 3. The second-order valence-electron chi connectivity index (χ2n) is 5.15. The summed E-state index contributed by atoms with van der Waals surface area (Å²) < 4.78 is 38.1. The number of benzene rings is 1. The number of aromatic nitrogens is 2.